The Morgan fingerprint density at radius 1 is 1.17 bits per heavy atom. The fourth-order valence-electron chi connectivity index (χ4n) is 3.52. The number of thiophene rings is 1. The second-order valence-electron chi connectivity index (χ2n) is 6.83. The van der Waals surface area contributed by atoms with Crippen LogP contribution >= 0.6 is 22.9 Å². The maximum absolute atomic E-state index is 12.3. The molecule has 0 spiro atoms. The van der Waals surface area contributed by atoms with Gasteiger partial charge in [0.2, 0.25) is 5.13 Å². The average Bonchev–Trinajstić information content (AvgIpc) is 3.25. The number of hydrogen-bond acceptors (Lipinski definition) is 10. The largest absolute Gasteiger partial charge is 0.462 e. The zero-order valence-corrected chi connectivity index (χ0v) is 18.5. The molecule has 0 atom stereocenters. The SMILES string of the molecule is CCOC(=O)c1sc2ncnc(N3CCCN(c4nc(CC)ns4)CC3)c2c1C. The predicted octanol–water partition coefficient (Wildman–Crippen LogP) is 3.31. The molecule has 4 rings (SSSR count). The first-order valence-corrected chi connectivity index (χ1v) is 11.4. The zero-order chi connectivity index (χ0) is 20.4. The van der Waals surface area contributed by atoms with Crippen LogP contribution in [0.1, 0.15) is 41.3 Å². The minimum absolute atomic E-state index is 0.288. The molecule has 1 aliphatic rings. The Hall–Kier alpha value is -2.33. The third kappa shape index (κ3) is 3.91. The molecule has 0 bridgehead atoms. The van der Waals surface area contributed by atoms with Crippen molar-refractivity contribution in [2.24, 2.45) is 0 Å². The van der Waals surface area contributed by atoms with Gasteiger partial charge >= 0.3 is 5.97 Å². The molecule has 0 amide bonds. The maximum atomic E-state index is 12.3. The summed E-state index contributed by atoms with van der Waals surface area (Å²) in [5, 5.41) is 1.95. The van der Waals surface area contributed by atoms with E-state index in [1.165, 1.54) is 22.9 Å². The lowest BCUT2D eigenvalue weighted by atomic mass is 10.2. The van der Waals surface area contributed by atoms with Crippen molar-refractivity contribution in [1.82, 2.24) is 19.3 Å². The topological polar surface area (TPSA) is 84.3 Å². The molecule has 0 unspecified atom stereocenters. The Morgan fingerprint density at radius 2 is 1.97 bits per heavy atom. The number of anilines is 2. The smallest absolute Gasteiger partial charge is 0.348 e. The molecule has 0 aromatic carbocycles. The molecule has 10 heteroatoms. The van der Waals surface area contributed by atoms with Crippen molar-refractivity contribution in [3.05, 3.63) is 22.6 Å². The molecule has 1 fully saturated rings. The van der Waals surface area contributed by atoms with Crippen molar-refractivity contribution in [2.75, 3.05) is 42.6 Å². The summed E-state index contributed by atoms with van der Waals surface area (Å²) in [6, 6.07) is 0. The van der Waals surface area contributed by atoms with Crippen LogP contribution in [0.3, 0.4) is 0 Å². The van der Waals surface area contributed by atoms with Crippen LogP contribution in [0, 0.1) is 6.92 Å². The number of aryl methyl sites for hydroxylation is 2. The number of hydrogen-bond donors (Lipinski definition) is 0. The van der Waals surface area contributed by atoms with Gasteiger partial charge in [0, 0.05) is 44.1 Å². The summed E-state index contributed by atoms with van der Waals surface area (Å²) in [6.07, 6.45) is 3.44. The fourth-order valence-corrected chi connectivity index (χ4v) is 5.36. The van der Waals surface area contributed by atoms with Gasteiger partial charge in [-0.2, -0.15) is 4.37 Å². The van der Waals surface area contributed by atoms with E-state index in [0.717, 1.165) is 71.6 Å². The number of carbonyl (C=O) groups is 1. The van der Waals surface area contributed by atoms with E-state index in [4.69, 9.17) is 4.74 Å². The third-order valence-electron chi connectivity index (χ3n) is 5.01. The molecule has 0 N–H and O–H groups in total. The Morgan fingerprint density at radius 3 is 2.72 bits per heavy atom. The van der Waals surface area contributed by atoms with Gasteiger partial charge in [0.05, 0.1) is 12.0 Å². The fraction of sp³-hybridized carbons (Fsp3) is 0.526. The highest BCUT2D eigenvalue weighted by Crippen LogP contribution is 2.35. The highest BCUT2D eigenvalue weighted by molar-refractivity contribution is 7.20. The van der Waals surface area contributed by atoms with Gasteiger partial charge in [-0.1, -0.05) is 6.92 Å². The summed E-state index contributed by atoms with van der Waals surface area (Å²) in [4.78, 5) is 32.0. The number of aromatic nitrogens is 4. The molecule has 0 saturated carbocycles. The lowest BCUT2D eigenvalue weighted by Gasteiger charge is -2.23. The van der Waals surface area contributed by atoms with Crippen LogP contribution in [0.5, 0.6) is 0 Å². The second kappa shape index (κ2) is 8.58. The van der Waals surface area contributed by atoms with Crippen LogP contribution < -0.4 is 9.80 Å². The summed E-state index contributed by atoms with van der Waals surface area (Å²) < 4.78 is 9.63. The van der Waals surface area contributed by atoms with Gasteiger partial charge in [-0.3, -0.25) is 0 Å². The Kier molecular flexibility index (Phi) is 5.91. The van der Waals surface area contributed by atoms with Crippen molar-refractivity contribution >= 4 is 50.0 Å². The summed E-state index contributed by atoms with van der Waals surface area (Å²) in [5.74, 6) is 1.51. The molecular weight excluding hydrogens is 408 g/mol. The first-order valence-electron chi connectivity index (χ1n) is 9.86. The summed E-state index contributed by atoms with van der Waals surface area (Å²) in [6.45, 7) is 9.73. The Bertz CT molecular complexity index is 1020. The number of nitrogens with zero attached hydrogens (tertiary/aromatic N) is 6. The first kappa shape index (κ1) is 20.0. The maximum Gasteiger partial charge on any atom is 0.348 e. The van der Waals surface area contributed by atoms with E-state index in [-0.39, 0.29) is 5.97 Å². The van der Waals surface area contributed by atoms with E-state index in [1.54, 1.807) is 6.33 Å². The van der Waals surface area contributed by atoms with E-state index in [9.17, 15) is 4.79 Å². The van der Waals surface area contributed by atoms with Crippen molar-refractivity contribution in [1.29, 1.82) is 0 Å². The third-order valence-corrected chi connectivity index (χ3v) is 7.00. The lowest BCUT2D eigenvalue weighted by molar-refractivity contribution is 0.0531. The molecule has 29 heavy (non-hydrogen) atoms. The van der Waals surface area contributed by atoms with E-state index in [2.05, 4.69) is 36.0 Å². The van der Waals surface area contributed by atoms with Crippen molar-refractivity contribution in [3.63, 3.8) is 0 Å². The minimum atomic E-state index is -0.288. The van der Waals surface area contributed by atoms with Gasteiger partial charge in [0.1, 0.15) is 27.7 Å². The normalized spacial score (nSPS) is 15.0. The summed E-state index contributed by atoms with van der Waals surface area (Å²) >= 11 is 2.85. The van der Waals surface area contributed by atoms with E-state index in [0.29, 0.717) is 11.5 Å². The molecule has 3 aromatic rings. The Labute approximate surface area is 177 Å². The van der Waals surface area contributed by atoms with E-state index >= 15 is 0 Å². The van der Waals surface area contributed by atoms with Crippen LogP contribution in [0.15, 0.2) is 6.33 Å². The minimum Gasteiger partial charge on any atom is -0.462 e. The van der Waals surface area contributed by atoms with Gasteiger partial charge in [-0.05, 0) is 25.8 Å². The van der Waals surface area contributed by atoms with Gasteiger partial charge in [-0.25, -0.2) is 19.7 Å². The average molecular weight is 433 g/mol. The van der Waals surface area contributed by atoms with Crippen LogP contribution in [-0.2, 0) is 11.2 Å². The van der Waals surface area contributed by atoms with Crippen molar-refractivity contribution in [2.45, 2.75) is 33.6 Å². The summed E-state index contributed by atoms with van der Waals surface area (Å²) in [7, 11) is 0. The van der Waals surface area contributed by atoms with Crippen molar-refractivity contribution < 1.29 is 9.53 Å². The molecule has 1 aliphatic heterocycles. The highest BCUT2D eigenvalue weighted by Gasteiger charge is 2.24. The predicted molar refractivity (Wildman–Crippen MR) is 116 cm³/mol. The quantitative estimate of drug-likeness (QED) is 0.568. The monoisotopic (exact) mass is 432 g/mol. The molecule has 0 aliphatic carbocycles. The standard InChI is InChI=1S/C19H24N6O2S2/c1-4-13-22-19(29-23-13)25-8-6-7-24(9-10-25)16-14-12(3)15(18(26)27-5-2)28-17(14)21-11-20-16/h11H,4-10H2,1-3H3. The number of ether oxygens (including phenoxy) is 1. The van der Waals surface area contributed by atoms with Crippen LogP contribution in [0.2, 0.25) is 0 Å². The first-order chi connectivity index (χ1) is 14.1. The summed E-state index contributed by atoms with van der Waals surface area (Å²) in [5.41, 5.74) is 0.900. The molecule has 4 heterocycles. The number of fused-ring (bicyclic) bond motifs is 1. The number of esters is 1. The molecular formula is C19H24N6O2S2. The lowest BCUT2D eigenvalue weighted by Crippen LogP contribution is -2.31. The molecule has 8 nitrogen and oxygen atoms in total. The van der Waals surface area contributed by atoms with Gasteiger partial charge < -0.3 is 14.5 Å². The van der Waals surface area contributed by atoms with Crippen LogP contribution in [0.25, 0.3) is 10.2 Å². The van der Waals surface area contributed by atoms with Gasteiger partial charge in [0.15, 0.2) is 0 Å². The number of carbonyl (C=O) groups excluding carboxylic acids is 1. The molecule has 154 valence electrons. The van der Waals surface area contributed by atoms with E-state index < -0.39 is 0 Å². The second-order valence-corrected chi connectivity index (χ2v) is 8.56. The van der Waals surface area contributed by atoms with E-state index in [1.807, 2.05) is 13.8 Å². The molecule has 0 radical (unpaired) electrons. The van der Waals surface area contributed by atoms with Crippen molar-refractivity contribution in [3.8, 4) is 0 Å². The van der Waals surface area contributed by atoms with Crippen LogP contribution in [0.4, 0.5) is 10.9 Å². The Balaban J connectivity index is 1.60. The van der Waals surface area contributed by atoms with Crippen LogP contribution in [-0.4, -0.2) is 58.1 Å². The molecule has 3 aromatic heterocycles. The zero-order valence-electron chi connectivity index (χ0n) is 16.8. The molecule has 1 saturated heterocycles. The highest BCUT2D eigenvalue weighted by atomic mass is 32.1. The number of rotatable bonds is 5. The van der Waals surface area contributed by atoms with Gasteiger partial charge in [-0.15, -0.1) is 11.3 Å². The van der Waals surface area contributed by atoms with Gasteiger partial charge in [0.25, 0.3) is 0 Å².